The summed E-state index contributed by atoms with van der Waals surface area (Å²) in [5.41, 5.74) is 0.350. The average Bonchev–Trinajstić information content (AvgIpc) is 3.30. The van der Waals surface area contributed by atoms with Crippen LogP contribution in [0.4, 0.5) is 10.5 Å². The predicted octanol–water partition coefficient (Wildman–Crippen LogP) is 1.99. The number of fused-ring (bicyclic) bond motifs is 1. The van der Waals surface area contributed by atoms with E-state index in [4.69, 9.17) is 4.74 Å². The summed E-state index contributed by atoms with van der Waals surface area (Å²) in [7, 11) is 1.74. The Hall–Kier alpha value is -2.77. The normalized spacial score (nSPS) is 22.1. The van der Waals surface area contributed by atoms with Crippen LogP contribution in [0.3, 0.4) is 0 Å². The maximum atomic E-state index is 12.7. The third-order valence-corrected chi connectivity index (χ3v) is 6.46. The molecule has 8 heteroatoms. The standard InChI is InChI=1S/C22H30N4O4/c1-3-25-15-16(30-18-9-5-4-8-17(18)25)14-24(2)19(27)10-13-26-20(28)22(23-21(26)29)11-6-7-12-22/h4-5,8-9,16H,3,6-7,10-15H2,1-2H3,(H,23,29). The molecule has 1 atom stereocenters. The third-order valence-electron chi connectivity index (χ3n) is 6.46. The molecule has 3 aliphatic rings. The van der Waals surface area contributed by atoms with E-state index in [1.165, 1.54) is 4.90 Å². The highest BCUT2D eigenvalue weighted by Gasteiger charge is 2.52. The lowest BCUT2D eigenvalue weighted by atomic mass is 9.98. The van der Waals surface area contributed by atoms with Crippen LogP contribution in [0.5, 0.6) is 5.75 Å². The van der Waals surface area contributed by atoms with Crippen molar-refractivity contribution in [3.05, 3.63) is 24.3 Å². The fourth-order valence-corrected chi connectivity index (χ4v) is 4.78. The van der Waals surface area contributed by atoms with Crippen LogP contribution in [0, 0.1) is 0 Å². The molecule has 1 unspecified atom stereocenters. The highest BCUT2D eigenvalue weighted by Crippen LogP contribution is 2.35. The second-order valence-electron chi connectivity index (χ2n) is 8.45. The first-order chi connectivity index (χ1) is 14.4. The van der Waals surface area contributed by atoms with Crippen molar-refractivity contribution in [2.75, 3.05) is 38.1 Å². The van der Waals surface area contributed by atoms with Crippen LogP contribution in [0.15, 0.2) is 24.3 Å². The van der Waals surface area contributed by atoms with Gasteiger partial charge in [0.15, 0.2) is 0 Å². The van der Waals surface area contributed by atoms with Crippen molar-refractivity contribution in [2.45, 2.75) is 50.7 Å². The summed E-state index contributed by atoms with van der Waals surface area (Å²) in [6, 6.07) is 7.55. The Morgan fingerprint density at radius 1 is 1.27 bits per heavy atom. The Labute approximate surface area is 177 Å². The van der Waals surface area contributed by atoms with Crippen molar-refractivity contribution >= 4 is 23.5 Å². The number of nitrogens with one attached hydrogen (secondary N) is 1. The number of amides is 4. The van der Waals surface area contributed by atoms with Crippen molar-refractivity contribution in [2.24, 2.45) is 0 Å². The molecule has 30 heavy (non-hydrogen) atoms. The number of likely N-dealkylation sites (N-methyl/N-ethyl adjacent to an activating group) is 2. The number of para-hydroxylation sites is 2. The zero-order chi connectivity index (χ0) is 21.3. The molecule has 2 fully saturated rings. The molecular formula is C22H30N4O4. The highest BCUT2D eigenvalue weighted by atomic mass is 16.5. The molecule has 1 saturated carbocycles. The summed E-state index contributed by atoms with van der Waals surface area (Å²) >= 11 is 0. The van der Waals surface area contributed by atoms with E-state index in [1.807, 2.05) is 24.3 Å². The number of urea groups is 1. The van der Waals surface area contributed by atoms with Crippen LogP contribution in [-0.2, 0) is 9.59 Å². The molecular weight excluding hydrogens is 384 g/mol. The van der Waals surface area contributed by atoms with Gasteiger partial charge in [-0.05, 0) is 31.9 Å². The van der Waals surface area contributed by atoms with E-state index < -0.39 is 5.54 Å². The van der Waals surface area contributed by atoms with Gasteiger partial charge in [0.1, 0.15) is 17.4 Å². The van der Waals surface area contributed by atoms with Gasteiger partial charge in [0.25, 0.3) is 5.91 Å². The summed E-state index contributed by atoms with van der Waals surface area (Å²) in [5.74, 6) is 0.553. The van der Waals surface area contributed by atoms with Crippen molar-refractivity contribution in [3.63, 3.8) is 0 Å². The third kappa shape index (κ3) is 3.70. The first kappa shape index (κ1) is 20.5. The van der Waals surface area contributed by atoms with Crippen molar-refractivity contribution < 1.29 is 19.1 Å². The molecule has 8 nitrogen and oxygen atoms in total. The summed E-state index contributed by atoms with van der Waals surface area (Å²) in [6.07, 6.45) is 3.26. The molecule has 2 heterocycles. The molecule has 1 aliphatic carbocycles. The molecule has 0 radical (unpaired) electrons. The maximum Gasteiger partial charge on any atom is 0.325 e. The zero-order valence-electron chi connectivity index (χ0n) is 17.7. The molecule has 1 spiro atoms. The van der Waals surface area contributed by atoms with Crippen molar-refractivity contribution in [1.29, 1.82) is 0 Å². The van der Waals surface area contributed by atoms with Gasteiger partial charge in [0, 0.05) is 26.6 Å². The number of ether oxygens (including phenoxy) is 1. The number of carbonyl (C=O) groups excluding carboxylic acids is 3. The van der Waals surface area contributed by atoms with Gasteiger partial charge in [-0.2, -0.15) is 0 Å². The van der Waals surface area contributed by atoms with Crippen molar-refractivity contribution in [1.82, 2.24) is 15.1 Å². The first-order valence-corrected chi connectivity index (χ1v) is 10.8. The maximum absolute atomic E-state index is 12.7. The second-order valence-corrected chi connectivity index (χ2v) is 8.45. The van der Waals surface area contributed by atoms with E-state index in [2.05, 4.69) is 17.1 Å². The lowest BCUT2D eigenvalue weighted by molar-refractivity contribution is -0.133. The minimum Gasteiger partial charge on any atom is -0.485 e. The Morgan fingerprint density at radius 3 is 2.73 bits per heavy atom. The van der Waals surface area contributed by atoms with Gasteiger partial charge >= 0.3 is 6.03 Å². The predicted molar refractivity (Wildman–Crippen MR) is 112 cm³/mol. The number of hydrogen-bond acceptors (Lipinski definition) is 5. The van der Waals surface area contributed by atoms with Gasteiger partial charge in [-0.15, -0.1) is 0 Å². The largest absolute Gasteiger partial charge is 0.485 e. The minimum absolute atomic E-state index is 0.103. The van der Waals surface area contributed by atoms with Gasteiger partial charge < -0.3 is 19.9 Å². The smallest absolute Gasteiger partial charge is 0.325 e. The number of imide groups is 1. The molecule has 1 saturated heterocycles. The molecule has 4 rings (SSSR count). The number of nitrogens with zero attached hydrogens (tertiary/aromatic N) is 3. The monoisotopic (exact) mass is 414 g/mol. The average molecular weight is 415 g/mol. The number of anilines is 1. The SMILES string of the molecule is CCN1CC(CN(C)C(=O)CCN2C(=O)NC3(CCCC3)C2=O)Oc2ccccc21. The van der Waals surface area contributed by atoms with Crippen LogP contribution < -0.4 is 15.0 Å². The fraction of sp³-hybridized carbons (Fsp3) is 0.591. The van der Waals surface area contributed by atoms with Gasteiger partial charge in [0.2, 0.25) is 5.91 Å². The summed E-state index contributed by atoms with van der Waals surface area (Å²) in [5, 5.41) is 2.86. The Balaban J connectivity index is 1.31. The number of benzene rings is 1. The van der Waals surface area contributed by atoms with Gasteiger partial charge in [0.05, 0.1) is 18.8 Å². The zero-order valence-corrected chi connectivity index (χ0v) is 17.7. The molecule has 0 aromatic heterocycles. The second kappa shape index (κ2) is 8.16. The number of carbonyl (C=O) groups is 3. The lowest BCUT2D eigenvalue weighted by Crippen LogP contribution is -2.47. The van der Waals surface area contributed by atoms with E-state index in [1.54, 1.807) is 11.9 Å². The number of hydrogen-bond donors (Lipinski definition) is 1. The van der Waals surface area contributed by atoms with Gasteiger partial charge in [-0.25, -0.2) is 4.79 Å². The van der Waals surface area contributed by atoms with E-state index in [-0.39, 0.29) is 36.9 Å². The van der Waals surface area contributed by atoms with Gasteiger partial charge in [-0.3, -0.25) is 14.5 Å². The number of rotatable bonds is 6. The molecule has 0 bridgehead atoms. The Morgan fingerprint density at radius 2 is 2.00 bits per heavy atom. The molecule has 2 aliphatic heterocycles. The summed E-state index contributed by atoms with van der Waals surface area (Å²) < 4.78 is 6.10. The first-order valence-electron chi connectivity index (χ1n) is 10.8. The van der Waals surface area contributed by atoms with Crippen LogP contribution in [-0.4, -0.2) is 72.5 Å². The summed E-state index contributed by atoms with van der Waals surface area (Å²) in [6.45, 7) is 4.24. The van der Waals surface area contributed by atoms with Crippen molar-refractivity contribution in [3.8, 4) is 5.75 Å². The van der Waals surface area contributed by atoms with E-state index in [0.29, 0.717) is 25.9 Å². The van der Waals surface area contributed by atoms with E-state index in [0.717, 1.165) is 30.8 Å². The molecule has 1 aromatic rings. The highest BCUT2D eigenvalue weighted by molar-refractivity contribution is 6.07. The molecule has 162 valence electrons. The molecule has 1 aromatic carbocycles. The minimum atomic E-state index is -0.723. The lowest BCUT2D eigenvalue weighted by Gasteiger charge is -2.37. The Bertz CT molecular complexity index is 836. The van der Waals surface area contributed by atoms with Crippen LogP contribution in [0.1, 0.15) is 39.0 Å². The van der Waals surface area contributed by atoms with Crippen LogP contribution in [0.2, 0.25) is 0 Å². The van der Waals surface area contributed by atoms with E-state index >= 15 is 0 Å². The quantitative estimate of drug-likeness (QED) is 0.720. The topological polar surface area (TPSA) is 82.2 Å². The molecule has 1 N–H and O–H groups in total. The Kier molecular flexibility index (Phi) is 5.58. The van der Waals surface area contributed by atoms with Crippen LogP contribution >= 0.6 is 0 Å². The van der Waals surface area contributed by atoms with Gasteiger partial charge in [-0.1, -0.05) is 25.0 Å². The van der Waals surface area contributed by atoms with E-state index in [9.17, 15) is 14.4 Å². The summed E-state index contributed by atoms with van der Waals surface area (Å²) in [4.78, 5) is 42.8. The molecule has 4 amide bonds. The van der Waals surface area contributed by atoms with Crippen LogP contribution in [0.25, 0.3) is 0 Å². The fourth-order valence-electron chi connectivity index (χ4n) is 4.78.